The summed E-state index contributed by atoms with van der Waals surface area (Å²) in [6.45, 7) is 3.85. The maximum atomic E-state index is 13.7. The lowest BCUT2D eigenvalue weighted by Crippen LogP contribution is -2.43. The first-order chi connectivity index (χ1) is 15.9. The number of rotatable bonds is 4. The van der Waals surface area contributed by atoms with Gasteiger partial charge in [-0.3, -0.25) is 9.10 Å². The van der Waals surface area contributed by atoms with Crippen LogP contribution >= 0.6 is 11.6 Å². The zero-order valence-electron chi connectivity index (χ0n) is 17.9. The number of halogens is 1. The van der Waals surface area contributed by atoms with Crippen molar-refractivity contribution >= 4 is 44.2 Å². The highest BCUT2D eigenvalue weighted by Crippen LogP contribution is 2.39. The number of amides is 1. The van der Waals surface area contributed by atoms with Crippen molar-refractivity contribution in [2.45, 2.75) is 24.3 Å². The zero-order valence-corrected chi connectivity index (χ0v) is 19.4. The molecule has 2 aromatic carbocycles. The molecule has 1 saturated heterocycles. The van der Waals surface area contributed by atoms with E-state index in [1.54, 1.807) is 23.1 Å². The molecule has 33 heavy (non-hydrogen) atoms. The van der Waals surface area contributed by atoms with E-state index in [2.05, 4.69) is 5.16 Å². The minimum Gasteiger partial charge on any atom is -0.486 e. The molecule has 1 amide bonds. The molecule has 3 aromatic rings. The third-order valence-electron chi connectivity index (χ3n) is 5.84. The number of aromatic nitrogens is 1. The van der Waals surface area contributed by atoms with Crippen LogP contribution in [0.4, 0.5) is 5.69 Å². The van der Waals surface area contributed by atoms with Crippen LogP contribution in [-0.4, -0.2) is 63.3 Å². The number of hydrogen-bond donors (Lipinski definition) is 0. The Hall–Kier alpha value is -2.82. The fourth-order valence-electron chi connectivity index (χ4n) is 4.00. The Morgan fingerprint density at radius 1 is 1.18 bits per heavy atom. The second kappa shape index (κ2) is 8.51. The van der Waals surface area contributed by atoms with Crippen LogP contribution in [0.15, 0.2) is 45.8 Å². The Kier molecular flexibility index (Phi) is 5.67. The molecular weight excluding hydrogens is 470 g/mol. The number of ether oxygens (including phenoxy) is 2. The molecule has 0 spiro atoms. The first-order valence-corrected chi connectivity index (χ1v) is 12.5. The minimum absolute atomic E-state index is 0.0249. The van der Waals surface area contributed by atoms with Gasteiger partial charge < -0.3 is 18.9 Å². The minimum atomic E-state index is -3.99. The van der Waals surface area contributed by atoms with Gasteiger partial charge in [0.05, 0.1) is 35.7 Å². The number of hydrogen-bond acceptors (Lipinski definition) is 7. The van der Waals surface area contributed by atoms with Crippen molar-refractivity contribution in [1.82, 2.24) is 10.1 Å². The fraction of sp³-hybridized carbons (Fsp3) is 0.364. The van der Waals surface area contributed by atoms with Gasteiger partial charge in [0.2, 0.25) is 0 Å². The van der Waals surface area contributed by atoms with E-state index in [0.29, 0.717) is 60.2 Å². The van der Waals surface area contributed by atoms with Gasteiger partial charge in [-0.15, -0.1) is 0 Å². The first-order valence-electron chi connectivity index (χ1n) is 10.6. The molecule has 0 N–H and O–H groups in total. The number of fused-ring (bicyclic) bond motifs is 2. The average molecular weight is 492 g/mol. The molecule has 0 unspecified atom stereocenters. The summed E-state index contributed by atoms with van der Waals surface area (Å²) in [5.74, 6) is 0.136. The summed E-state index contributed by atoms with van der Waals surface area (Å²) in [7, 11) is -3.99. The quantitative estimate of drug-likeness (QED) is 0.551. The van der Waals surface area contributed by atoms with Gasteiger partial charge >= 0.3 is 0 Å². The van der Waals surface area contributed by atoms with Gasteiger partial charge in [0.15, 0.2) is 11.3 Å². The lowest BCUT2D eigenvalue weighted by atomic mass is 10.2. The van der Waals surface area contributed by atoms with E-state index < -0.39 is 10.0 Å². The van der Waals surface area contributed by atoms with Gasteiger partial charge in [-0.25, -0.2) is 8.42 Å². The van der Waals surface area contributed by atoms with Crippen molar-refractivity contribution in [2.75, 3.05) is 37.2 Å². The zero-order chi connectivity index (χ0) is 23.2. The van der Waals surface area contributed by atoms with Gasteiger partial charge in [-0.2, -0.15) is 0 Å². The normalized spacial score (nSPS) is 18.8. The van der Waals surface area contributed by atoms with Crippen LogP contribution in [0.5, 0.6) is 5.75 Å². The number of benzene rings is 2. The molecule has 9 nitrogen and oxygen atoms in total. The number of carbonyl (C=O) groups excluding carboxylic acids is 1. The Morgan fingerprint density at radius 3 is 2.73 bits per heavy atom. The van der Waals surface area contributed by atoms with E-state index in [1.807, 2.05) is 6.92 Å². The maximum Gasteiger partial charge on any atom is 0.276 e. The van der Waals surface area contributed by atoms with E-state index >= 15 is 0 Å². The average Bonchev–Trinajstić information content (AvgIpc) is 3.26. The van der Waals surface area contributed by atoms with Crippen molar-refractivity contribution in [3.63, 3.8) is 0 Å². The van der Waals surface area contributed by atoms with Crippen LogP contribution in [0.3, 0.4) is 0 Å². The van der Waals surface area contributed by atoms with Gasteiger partial charge in [0, 0.05) is 18.1 Å². The second-order valence-corrected chi connectivity index (χ2v) is 10.2. The molecule has 0 aliphatic carbocycles. The molecule has 5 rings (SSSR count). The molecule has 174 valence electrons. The van der Waals surface area contributed by atoms with Crippen LogP contribution in [-0.2, 0) is 14.8 Å². The van der Waals surface area contributed by atoms with Gasteiger partial charge in [0.25, 0.3) is 15.9 Å². The summed E-state index contributed by atoms with van der Waals surface area (Å²) in [5.41, 5.74) is 0.797. The summed E-state index contributed by atoms with van der Waals surface area (Å²) in [6, 6.07) is 9.32. The molecule has 1 fully saturated rings. The molecule has 11 heteroatoms. The fourth-order valence-corrected chi connectivity index (χ4v) is 5.69. The molecule has 2 aliphatic heterocycles. The third kappa shape index (κ3) is 3.92. The number of sulfonamides is 1. The Labute approximate surface area is 195 Å². The van der Waals surface area contributed by atoms with E-state index in [-0.39, 0.29) is 29.1 Å². The molecule has 1 aromatic heterocycles. The highest BCUT2D eigenvalue weighted by molar-refractivity contribution is 7.92. The van der Waals surface area contributed by atoms with E-state index in [9.17, 15) is 13.2 Å². The topological polar surface area (TPSA) is 102 Å². The Balaban J connectivity index is 1.56. The summed E-state index contributed by atoms with van der Waals surface area (Å²) in [5, 5.41) is 4.68. The predicted molar refractivity (Wildman–Crippen MR) is 121 cm³/mol. The lowest BCUT2D eigenvalue weighted by molar-refractivity contribution is 0.0297. The van der Waals surface area contributed by atoms with E-state index in [0.717, 1.165) is 0 Å². The number of carbonyl (C=O) groups is 1. The van der Waals surface area contributed by atoms with Crippen LogP contribution < -0.4 is 9.04 Å². The van der Waals surface area contributed by atoms with Crippen molar-refractivity contribution in [3.05, 3.63) is 47.1 Å². The van der Waals surface area contributed by atoms with Gasteiger partial charge in [-0.05, 0) is 42.8 Å². The van der Waals surface area contributed by atoms with Gasteiger partial charge in [0.1, 0.15) is 11.9 Å². The van der Waals surface area contributed by atoms with Crippen LogP contribution in [0.1, 0.15) is 23.8 Å². The first kappa shape index (κ1) is 22.0. The molecule has 2 aliphatic rings. The van der Waals surface area contributed by atoms with Crippen LogP contribution in [0, 0.1) is 0 Å². The SMILES string of the molecule is CC[C@@H]1CN(S(=O)(=O)c2ccc3onc(C(=O)N4CCOCC4)c3c2)c2cc(Cl)ccc2O1. The van der Waals surface area contributed by atoms with Gasteiger partial charge in [-0.1, -0.05) is 23.7 Å². The smallest absolute Gasteiger partial charge is 0.276 e. The molecular formula is C22H22ClN3O6S. The van der Waals surface area contributed by atoms with Crippen molar-refractivity contribution in [3.8, 4) is 5.75 Å². The standard InChI is InChI=1S/C22H22ClN3O6S/c1-2-15-13-26(18-11-14(23)3-5-20(18)31-15)33(28,29)16-4-6-19-17(12-16)21(24-32-19)22(27)25-7-9-30-10-8-25/h3-6,11-12,15H,2,7-10,13H2,1H3/t15-/m1/s1. The highest BCUT2D eigenvalue weighted by Gasteiger charge is 2.35. The van der Waals surface area contributed by atoms with Crippen LogP contribution in [0.2, 0.25) is 5.02 Å². The number of anilines is 1. The van der Waals surface area contributed by atoms with Crippen molar-refractivity contribution in [1.29, 1.82) is 0 Å². The van der Waals surface area contributed by atoms with E-state index in [4.69, 9.17) is 25.6 Å². The van der Waals surface area contributed by atoms with E-state index in [1.165, 1.54) is 22.5 Å². The second-order valence-electron chi connectivity index (χ2n) is 7.89. The number of morpholine rings is 1. The summed E-state index contributed by atoms with van der Waals surface area (Å²) in [4.78, 5) is 14.6. The predicted octanol–water partition coefficient (Wildman–Crippen LogP) is 3.32. The third-order valence-corrected chi connectivity index (χ3v) is 7.85. The lowest BCUT2D eigenvalue weighted by Gasteiger charge is -2.35. The molecule has 1 atom stereocenters. The summed E-state index contributed by atoms with van der Waals surface area (Å²) >= 11 is 6.15. The largest absolute Gasteiger partial charge is 0.486 e. The Morgan fingerprint density at radius 2 is 1.97 bits per heavy atom. The highest BCUT2D eigenvalue weighted by atomic mass is 35.5. The maximum absolute atomic E-state index is 13.7. The summed E-state index contributed by atoms with van der Waals surface area (Å²) < 4.78 is 45.3. The van der Waals surface area contributed by atoms with Crippen molar-refractivity contribution in [2.24, 2.45) is 0 Å². The molecule has 0 saturated carbocycles. The number of nitrogens with zero attached hydrogens (tertiary/aromatic N) is 3. The molecule has 3 heterocycles. The summed E-state index contributed by atoms with van der Waals surface area (Å²) in [6.07, 6.45) is 0.336. The molecule has 0 bridgehead atoms. The molecule has 0 radical (unpaired) electrons. The monoisotopic (exact) mass is 491 g/mol. The Bertz CT molecular complexity index is 1320. The van der Waals surface area contributed by atoms with Crippen LogP contribution in [0.25, 0.3) is 11.0 Å². The van der Waals surface area contributed by atoms with Crippen molar-refractivity contribution < 1.29 is 27.2 Å².